The highest BCUT2D eigenvalue weighted by Crippen LogP contribution is 2.23. The average molecular weight is 254 g/mol. The van der Waals surface area contributed by atoms with Gasteiger partial charge in [0.1, 0.15) is 5.01 Å². The smallest absolute Gasteiger partial charge is 0.256 e. The Morgan fingerprint density at radius 1 is 1.50 bits per heavy atom. The lowest BCUT2D eigenvalue weighted by Crippen LogP contribution is -1.94. The number of carbonyl (C=O) groups excluding carboxylic acids is 2. The first-order valence-electron chi connectivity index (χ1n) is 4.76. The summed E-state index contributed by atoms with van der Waals surface area (Å²) in [6.07, 6.45) is 0.565. The van der Waals surface area contributed by atoms with E-state index in [1.54, 1.807) is 0 Å². The van der Waals surface area contributed by atoms with Gasteiger partial charge < -0.3 is 0 Å². The second-order valence-electron chi connectivity index (χ2n) is 3.44. The van der Waals surface area contributed by atoms with Crippen molar-refractivity contribution in [1.82, 2.24) is 4.98 Å². The van der Waals surface area contributed by atoms with Crippen LogP contribution in [0.5, 0.6) is 0 Å². The molecule has 1 aliphatic rings. The van der Waals surface area contributed by atoms with Crippen LogP contribution in [0.3, 0.4) is 0 Å². The second kappa shape index (κ2) is 4.47. The average Bonchev–Trinajstić information content (AvgIpc) is 2.73. The Morgan fingerprint density at radius 3 is 2.75 bits per heavy atom. The number of nitrogens with zero attached hydrogens (tertiary/aromatic N) is 2. The van der Waals surface area contributed by atoms with Gasteiger partial charge >= 0.3 is 0 Å². The number of Topliss-reactive ketones (excluding diaryl/α,β-unsaturated/α-hetero) is 1. The summed E-state index contributed by atoms with van der Waals surface area (Å²) in [5.41, 5.74) is 0.766. The van der Waals surface area contributed by atoms with Crippen LogP contribution in [0.4, 0.5) is 0 Å². The number of aryl methyl sites for hydroxylation is 1. The van der Waals surface area contributed by atoms with Gasteiger partial charge in [-0.1, -0.05) is 0 Å². The van der Waals surface area contributed by atoms with E-state index < -0.39 is 0 Å². The first-order valence-corrected chi connectivity index (χ1v) is 6.57. The third-order valence-electron chi connectivity index (χ3n) is 2.07. The van der Waals surface area contributed by atoms with Crippen LogP contribution in [-0.2, 0) is 11.2 Å². The van der Waals surface area contributed by atoms with Crippen molar-refractivity contribution in [3.05, 3.63) is 15.6 Å². The van der Waals surface area contributed by atoms with Gasteiger partial charge in [-0.15, -0.1) is 23.1 Å². The molecule has 0 spiro atoms. The highest BCUT2D eigenvalue weighted by molar-refractivity contribution is 8.15. The van der Waals surface area contributed by atoms with Crippen LogP contribution in [0.2, 0.25) is 0 Å². The first kappa shape index (κ1) is 11.5. The first-order chi connectivity index (χ1) is 7.56. The van der Waals surface area contributed by atoms with Crippen LogP contribution in [-0.4, -0.2) is 27.5 Å². The third-order valence-corrected chi connectivity index (χ3v) is 4.29. The van der Waals surface area contributed by atoms with E-state index in [-0.39, 0.29) is 11.7 Å². The Hall–Kier alpha value is -1.01. The number of amides is 1. The molecule has 0 N–H and O–H groups in total. The van der Waals surface area contributed by atoms with Crippen LogP contribution in [0.15, 0.2) is 4.99 Å². The van der Waals surface area contributed by atoms with Crippen molar-refractivity contribution in [3.8, 4) is 0 Å². The molecule has 1 aromatic heterocycles. The van der Waals surface area contributed by atoms with E-state index in [0.717, 1.165) is 15.7 Å². The standard InChI is InChI=1S/C10H10N2O2S2/c1-5-10(6(2)13)16-9(11-5)3-8-12-7(14)4-15-8/h3-4H2,1-2H3. The number of aromatic nitrogens is 1. The number of hydrogen-bond acceptors (Lipinski definition) is 5. The van der Waals surface area contributed by atoms with Crippen LogP contribution in [0.1, 0.15) is 27.3 Å². The molecule has 2 heterocycles. The molecule has 4 nitrogen and oxygen atoms in total. The topological polar surface area (TPSA) is 59.4 Å². The zero-order valence-corrected chi connectivity index (χ0v) is 10.6. The second-order valence-corrected chi connectivity index (χ2v) is 5.58. The molecule has 0 saturated carbocycles. The summed E-state index contributed by atoms with van der Waals surface area (Å²) in [5.74, 6) is 0.387. The molecule has 1 aromatic rings. The van der Waals surface area contributed by atoms with E-state index >= 15 is 0 Å². The van der Waals surface area contributed by atoms with Crippen molar-refractivity contribution < 1.29 is 9.59 Å². The van der Waals surface area contributed by atoms with Crippen molar-refractivity contribution >= 4 is 39.8 Å². The van der Waals surface area contributed by atoms with Crippen molar-refractivity contribution in [3.63, 3.8) is 0 Å². The number of thioether (sulfide) groups is 1. The van der Waals surface area contributed by atoms with Gasteiger partial charge in [-0.2, -0.15) is 0 Å². The minimum Gasteiger partial charge on any atom is -0.294 e. The molecule has 1 amide bonds. The summed E-state index contributed by atoms with van der Waals surface area (Å²) in [4.78, 5) is 31.1. The number of ketones is 1. The molecule has 16 heavy (non-hydrogen) atoms. The van der Waals surface area contributed by atoms with E-state index in [1.165, 1.54) is 30.0 Å². The third kappa shape index (κ3) is 2.38. The van der Waals surface area contributed by atoms with Crippen molar-refractivity contribution in [2.45, 2.75) is 20.3 Å². The lowest BCUT2D eigenvalue weighted by molar-refractivity contribution is -0.115. The number of hydrogen-bond donors (Lipinski definition) is 0. The Balaban J connectivity index is 2.17. The van der Waals surface area contributed by atoms with E-state index in [4.69, 9.17) is 0 Å². The van der Waals surface area contributed by atoms with Gasteiger partial charge in [0, 0.05) is 13.3 Å². The maximum Gasteiger partial charge on any atom is 0.256 e. The van der Waals surface area contributed by atoms with E-state index in [1.807, 2.05) is 6.92 Å². The molecule has 84 valence electrons. The van der Waals surface area contributed by atoms with Gasteiger partial charge in [-0.05, 0) is 6.92 Å². The molecule has 0 aromatic carbocycles. The molecule has 0 aliphatic carbocycles. The molecular formula is C10H10N2O2S2. The minimum atomic E-state index is -0.0833. The summed E-state index contributed by atoms with van der Waals surface area (Å²) >= 11 is 2.84. The molecule has 0 fully saturated rings. The lowest BCUT2D eigenvalue weighted by atomic mass is 10.3. The van der Waals surface area contributed by atoms with E-state index in [2.05, 4.69) is 9.98 Å². The summed E-state index contributed by atoms with van der Waals surface area (Å²) in [7, 11) is 0. The molecule has 0 atom stereocenters. The number of carbonyl (C=O) groups is 2. The monoisotopic (exact) mass is 254 g/mol. The zero-order chi connectivity index (χ0) is 11.7. The Kier molecular flexibility index (Phi) is 3.20. The number of thiazole rings is 1. The van der Waals surface area contributed by atoms with Crippen LogP contribution in [0.25, 0.3) is 0 Å². The Bertz CT molecular complexity index is 491. The number of aliphatic imine (C=N–C) groups is 1. The summed E-state index contributed by atoms with van der Waals surface area (Å²) in [6.45, 7) is 3.36. The predicted molar refractivity (Wildman–Crippen MR) is 65.5 cm³/mol. The fraction of sp³-hybridized carbons (Fsp3) is 0.400. The Labute approximate surface area is 101 Å². The summed E-state index contributed by atoms with van der Waals surface area (Å²) < 4.78 is 0. The van der Waals surface area contributed by atoms with Gasteiger partial charge in [0.25, 0.3) is 5.91 Å². The van der Waals surface area contributed by atoms with Gasteiger partial charge in [0.2, 0.25) is 0 Å². The molecule has 0 saturated heterocycles. The van der Waals surface area contributed by atoms with Crippen molar-refractivity contribution in [2.75, 3.05) is 5.75 Å². The van der Waals surface area contributed by atoms with Crippen molar-refractivity contribution in [1.29, 1.82) is 0 Å². The summed E-state index contributed by atoms with van der Waals surface area (Å²) in [6, 6.07) is 0. The molecule has 0 bridgehead atoms. The van der Waals surface area contributed by atoms with Crippen LogP contribution in [0, 0.1) is 6.92 Å². The van der Waals surface area contributed by atoms with E-state index in [9.17, 15) is 9.59 Å². The predicted octanol–water partition coefficient (Wildman–Crippen LogP) is 1.87. The quantitative estimate of drug-likeness (QED) is 0.773. The SMILES string of the molecule is CC(=O)c1sc(CC2=NC(=O)CS2)nc1C. The molecule has 2 rings (SSSR count). The van der Waals surface area contributed by atoms with Gasteiger partial charge in [-0.3, -0.25) is 9.59 Å². The normalized spacial score (nSPS) is 15.4. The molecule has 6 heteroatoms. The highest BCUT2D eigenvalue weighted by Gasteiger charge is 2.18. The molecular weight excluding hydrogens is 244 g/mol. The maximum absolute atomic E-state index is 11.2. The maximum atomic E-state index is 11.2. The van der Waals surface area contributed by atoms with Crippen molar-refractivity contribution in [2.24, 2.45) is 4.99 Å². The zero-order valence-electron chi connectivity index (χ0n) is 8.94. The summed E-state index contributed by atoms with van der Waals surface area (Å²) in [5, 5.41) is 1.65. The lowest BCUT2D eigenvalue weighted by Gasteiger charge is -1.92. The largest absolute Gasteiger partial charge is 0.294 e. The Morgan fingerprint density at radius 2 is 2.25 bits per heavy atom. The highest BCUT2D eigenvalue weighted by atomic mass is 32.2. The van der Waals surface area contributed by atoms with Crippen LogP contribution < -0.4 is 0 Å². The number of rotatable bonds is 3. The van der Waals surface area contributed by atoms with E-state index in [0.29, 0.717) is 17.1 Å². The fourth-order valence-corrected chi connectivity index (χ4v) is 3.24. The fourth-order valence-electron chi connectivity index (χ4n) is 1.42. The molecule has 1 aliphatic heterocycles. The minimum absolute atomic E-state index is 0.0401. The molecule has 0 unspecified atom stereocenters. The molecule has 0 radical (unpaired) electrons. The van der Waals surface area contributed by atoms with Gasteiger partial charge in [0.05, 0.1) is 21.4 Å². The van der Waals surface area contributed by atoms with Gasteiger partial charge in [-0.25, -0.2) is 9.98 Å². The van der Waals surface area contributed by atoms with Gasteiger partial charge in [0.15, 0.2) is 5.78 Å². The van der Waals surface area contributed by atoms with Crippen LogP contribution >= 0.6 is 23.1 Å².